The first kappa shape index (κ1) is 10.8. The lowest BCUT2D eigenvalue weighted by atomic mass is 10.0. The molecule has 0 saturated carbocycles. The van der Waals surface area contributed by atoms with E-state index >= 15 is 0 Å². The predicted molar refractivity (Wildman–Crippen MR) is 86.9 cm³/mol. The van der Waals surface area contributed by atoms with E-state index in [9.17, 15) is 0 Å². The van der Waals surface area contributed by atoms with Crippen molar-refractivity contribution in [1.82, 2.24) is 0 Å². The van der Waals surface area contributed by atoms with Gasteiger partial charge < -0.3 is 0 Å². The van der Waals surface area contributed by atoms with Gasteiger partial charge in [0.1, 0.15) is 0 Å². The quantitative estimate of drug-likeness (QED) is 0.340. The van der Waals surface area contributed by atoms with Crippen LogP contribution in [-0.4, -0.2) is 0 Å². The molecule has 0 saturated heterocycles. The van der Waals surface area contributed by atoms with E-state index in [0.717, 1.165) is 0 Å². The van der Waals surface area contributed by atoms with Gasteiger partial charge in [-0.2, -0.15) is 0 Å². The summed E-state index contributed by atoms with van der Waals surface area (Å²) >= 11 is 4.71. The molecule has 0 heterocycles. The van der Waals surface area contributed by atoms with Crippen LogP contribution in [0, 0.1) is 7.14 Å². The number of hydrogen-bond acceptors (Lipinski definition) is 0. The highest BCUT2D eigenvalue weighted by Crippen LogP contribution is 2.25. The lowest BCUT2D eigenvalue weighted by Gasteiger charge is -2.03. The van der Waals surface area contributed by atoms with Crippen LogP contribution in [0.15, 0.2) is 48.5 Å². The molecule has 3 aromatic carbocycles. The second-order valence-electron chi connectivity index (χ2n) is 3.84. The van der Waals surface area contributed by atoms with Gasteiger partial charge in [-0.15, -0.1) is 0 Å². The van der Waals surface area contributed by atoms with Crippen LogP contribution in [0.1, 0.15) is 0 Å². The Bertz CT molecular complexity index is 625. The fourth-order valence-electron chi connectivity index (χ4n) is 1.94. The van der Waals surface area contributed by atoms with Gasteiger partial charge in [-0.3, -0.25) is 0 Å². The first-order valence-electron chi connectivity index (χ1n) is 5.01. The van der Waals surface area contributed by atoms with Crippen LogP contribution in [0.4, 0.5) is 0 Å². The van der Waals surface area contributed by atoms with E-state index in [1.165, 1.54) is 28.7 Å². The van der Waals surface area contributed by atoms with Gasteiger partial charge in [0.25, 0.3) is 0 Å². The molecule has 0 bridgehead atoms. The summed E-state index contributed by atoms with van der Waals surface area (Å²) in [6, 6.07) is 17.7. The lowest BCUT2D eigenvalue weighted by Crippen LogP contribution is -1.79. The summed E-state index contributed by atoms with van der Waals surface area (Å²) in [5.74, 6) is 0. The molecule has 0 amide bonds. The maximum absolute atomic E-state index is 2.36. The predicted octanol–water partition coefficient (Wildman–Crippen LogP) is 5.20. The Morgan fingerprint density at radius 3 is 1.38 bits per heavy atom. The monoisotopic (exact) mass is 430 g/mol. The smallest absolute Gasteiger partial charge is 0.0136 e. The Morgan fingerprint density at radius 1 is 0.500 bits per heavy atom. The van der Waals surface area contributed by atoms with Crippen molar-refractivity contribution in [3.8, 4) is 0 Å². The molecule has 3 aromatic rings. The van der Waals surface area contributed by atoms with E-state index in [4.69, 9.17) is 0 Å². The number of hydrogen-bond donors (Lipinski definition) is 0. The third-order valence-electron chi connectivity index (χ3n) is 2.72. The van der Waals surface area contributed by atoms with Crippen molar-refractivity contribution in [2.75, 3.05) is 0 Å². The van der Waals surface area contributed by atoms with E-state index in [-0.39, 0.29) is 0 Å². The molecule has 0 aliphatic carbocycles. The third kappa shape index (κ3) is 1.93. The third-order valence-corrected chi connectivity index (χ3v) is 4.06. The van der Waals surface area contributed by atoms with E-state index in [1.54, 1.807) is 0 Å². The van der Waals surface area contributed by atoms with Crippen molar-refractivity contribution in [2.24, 2.45) is 0 Å². The van der Waals surface area contributed by atoms with E-state index in [0.29, 0.717) is 0 Å². The number of halogens is 2. The average molecular weight is 430 g/mol. The maximum atomic E-state index is 2.36. The zero-order chi connectivity index (χ0) is 11.1. The van der Waals surface area contributed by atoms with Crippen molar-refractivity contribution in [1.29, 1.82) is 0 Å². The highest BCUT2D eigenvalue weighted by molar-refractivity contribution is 14.1. The van der Waals surface area contributed by atoms with Crippen molar-refractivity contribution < 1.29 is 0 Å². The fourth-order valence-corrected chi connectivity index (χ4v) is 2.97. The molecule has 0 fully saturated rings. The molecule has 0 nitrogen and oxygen atoms in total. The Kier molecular flexibility index (Phi) is 2.79. The van der Waals surface area contributed by atoms with Gasteiger partial charge >= 0.3 is 0 Å². The first-order valence-corrected chi connectivity index (χ1v) is 7.17. The van der Waals surface area contributed by atoms with Crippen LogP contribution in [0.5, 0.6) is 0 Å². The second kappa shape index (κ2) is 4.14. The number of benzene rings is 3. The summed E-state index contributed by atoms with van der Waals surface area (Å²) in [7, 11) is 0. The molecule has 0 spiro atoms. The highest BCUT2D eigenvalue weighted by atomic mass is 127. The van der Waals surface area contributed by atoms with Gasteiger partial charge in [0, 0.05) is 7.14 Å². The summed E-state index contributed by atoms with van der Waals surface area (Å²) < 4.78 is 2.57. The van der Waals surface area contributed by atoms with Crippen LogP contribution in [0.3, 0.4) is 0 Å². The van der Waals surface area contributed by atoms with Gasteiger partial charge in [0.15, 0.2) is 0 Å². The van der Waals surface area contributed by atoms with Gasteiger partial charge in [-0.1, -0.05) is 12.1 Å². The average Bonchev–Trinajstić information content (AvgIpc) is 2.26. The van der Waals surface area contributed by atoms with E-state index < -0.39 is 0 Å². The largest absolute Gasteiger partial charge is 0.0533 e. The molecule has 0 aliphatic rings. The van der Waals surface area contributed by atoms with Crippen molar-refractivity contribution in [3.63, 3.8) is 0 Å². The zero-order valence-electron chi connectivity index (χ0n) is 8.37. The molecular formula is C14H8I2. The van der Waals surface area contributed by atoms with Crippen LogP contribution in [0.25, 0.3) is 21.5 Å². The van der Waals surface area contributed by atoms with Gasteiger partial charge in [0.2, 0.25) is 0 Å². The van der Waals surface area contributed by atoms with Crippen molar-refractivity contribution in [3.05, 3.63) is 55.7 Å². The van der Waals surface area contributed by atoms with E-state index in [2.05, 4.69) is 93.7 Å². The number of fused-ring (bicyclic) bond motifs is 2. The minimum absolute atomic E-state index is 1.29. The molecular weight excluding hydrogens is 422 g/mol. The summed E-state index contributed by atoms with van der Waals surface area (Å²) in [6.45, 7) is 0. The summed E-state index contributed by atoms with van der Waals surface area (Å²) in [5, 5.41) is 5.27. The molecule has 16 heavy (non-hydrogen) atoms. The highest BCUT2D eigenvalue weighted by Gasteiger charge is 1.99. The van der Waals surface area contributed by atoms with Crippen molar-refractivity contribution in [2.45, 2.75) is 0 Å². The first-order chi connectivity index (χ1) is 7.72. The van der Waals surface area contributed by atoms with Crippen molar-refractivity contribution >= 4 is 66.7 Å². The number of rotatable bonds is 0. The van der Waals surface area contributed by atoms with Gasteiger partial charge in [0.05, 0.1) is 0 Å². The maximum Gasteiger partial charge on any atom is 0.0136 e. The molecule has 0 atom stereocenters. The lowest BCUT2D eigenvalue weighted by molar-refractivity contribution is 1.70. The molecule has 0 N–H and O–H groups in total. The Morgan fingerprint density at radius 2 is 0.938 bits per heavy atom. The van der Waals surface area contributed by atoms with Gasteiger partial charge in [-0.25, -0.2) is 0 Å². The molecule has 2 heteroatoms. The van der Waals surface area contributed by atoms with Crippen LogP contribution >= 0.6 is 45.2 Å². The molecule has 0 unspecified atom stereocenters. The van der Waals surface area contributed by atoms with Crippen LogP contribution in [0.2, 0.25) is 0 Å². The molecule has 0 aromatic heterocycles. The molecule has 0 aliphatic heterocycles. The SMILES string of the molecule is Ic1ccc2cc3cc(I)ccc3cc2c1. The van der Waals surface area contributed by atoms with E-state index in [1.807, 2.05) is 0 Å². The zero-order valence-corrected chi connectivity index (χ0v) is 12.7. The van der Waals surface area contributed by atoms with Crippen LogP contribution in [-0.2, 0) is 0 Å². The Labute approximate surface area is 121 Å². The standard InChI is InChI=1S/C14H8I2/c15-13-3-1-9-5-12-8-14(16)4-2-10(12)6-11(9)7-13/h1-8H. The Balaban J connectivity index is 2.44. The minimum atomic E-state index is 1.29. The fraction of sp³-hybridized carbons (Fsp3) is 0. The molecule has 3 rings (SSSR count). The minimum Gasteiger partial charge on any atom is -0.0533 e. The Hall–Kier alpha value is -0.360. The topological polar surface area (TPSA) is 0 Å². The summed E-state index contributed by atoms with van der Waals surface area (Å²) in [4.78, 5) is 0. The normalized spacial score (nSPS) is 11.1. The summed E-state index contributed by atoms with van der Waals surface area (Å²) in [6.07, 6.45) is 0. The summed E-state index contributed by atoms with van der Waals surface area (Å²) in [5.41, 5.74) is 0. The second-order valence-corrected chi connectivity index (χ2v) is 6.33. The molecule has 78 valence electrons. The van der Waals surface area contributed by atoms with Crippen LogP contribution < -0.4 is 0 Å². The van der Waals surface area contributed by atoms with Gasteiger partial charge in [-0.05, 0) is 103 Å². The molecule has 0 radical (unpaired) electrons.